The van der Waals surface area contributed by atoms with E-state index >= 15 is 0 Å². The molecule has 24 heavy (non-hydrogen) atoms. The zero-order chi connectivity index (χ0) is 17.2. The van der Waals surface area contributed by atoms with Crippen LogP contribution in [0.15, 0.2) is 24.3 Å². The van der Waals surface area contributed by atoms with Crippen molar-refractivity contribution < 1.29 is 14.3 Å². The van der Waals surface area contributed by atoms with E-state index in [0.29, 0.717) is 17.4 Å². The number of ether oxygens (including phenoxy) is 2. The second-order valence-corrected chi connectivity index (χ2v) is 5.94. The van der Waals surface area contributed by atoms with Crippen molar-refractivity contribution in [3.05, 3.63) is 29.8 Å². The predicted molar refractivity (Wildman–Crippen MR) is 92.7 cm³/mol. The summed E-state index contributed by atoms with van der Waals surface area (Å²) in [5.41, 5.74) is 0.837. The summed E-state index contributed by atoms with van der Waals surface area (Å²) in [6.07, 6.45) is 9.57. The van der Waals surface area contributed by atoms with Gasteiger partial charge in [-0.3, -0.25) is 4.79 Å². The van der Waals surface area contributed by atoms with Crippen LogP contribution in [-0.2, 0) is 4.79 Å². The lowest BCUT2D eigenvalue weighted by Gasteiger charge is -2.21. The molecule has 1 fully saturated rings. The highest BCUT2D eigenvalue weighted by molar-refractivity contribution is 5.91. The molecular formula is C19H24N2O3. The lowest BCUT2D eigenvalue weighted by atomic mass is 9.89. The Hall–Kier alpha value is -2.48. The van der Waals surface area contributed by atoms with Crippen molar-refractivity contribution in [3.8, 4) is 17.6 Å². The van der Waals surface area contributed by atoms with E-state index in [1.165, 1.54) is 38.2 Å². The average Bonchev–Trinajstić information content (AvgIpc) is 2.64. The second-order valence-electron chi connectivity index (χ2n) is 5.94. The summed E-state index contributed by atoms with van der Waals surface area (Å²) in [5, 5.41) is 11.5. The van der Waals surface area contributed by atoms with Gasteiger partial charge in [0.15, 0.2) is 18.1 Å². The molecule has 1 aromatic carbocycles. The number of nitriles is 1. The molecule has 2 rings (SSSR count). The summed E-state index contributed by atoms with van der Waals surface area (Å²) in [4.78, 5) is 11.9. The molecule has 0 saturated heterocycles. The molecule has 1 N–H and O–H groups in total. The standard InChI is InChI=1S/C19H24N2O3/c1-23-18-13-15(7-9-17(18)24-12-11-20)8-10-19(22)21-14-16-5-3-2-4-6-16/h7-10,13,16H,2-6,12,14H2,1H3,(H,21,22)/b10-8-. The van der Waals surface area contributed by atoms with Gasteiger partial charge in [-0.15, -0.1) is 0 Å². The normalized spacial score (nSPS) is 15.0. The second kappa shape index (κ2) is 9.61. The Morgan fingerprint density at radius 2 is 2.12 bits per heavy atom. The van der Waals surface area contributed by atoms with Crippen molar-refractivity contribution >= 4 is 12.0 Å². The van der Waals surface area contributed by atoms with Gasteiger partial charge >= 0.3 is 0 Å². The molecule has 1 aliphatic carbocycles. The number of hydrogen-bond acceptors (Lipinski definition) is 4. The van der Waals surface area contributed by atoms with Crippen LogP contribution in [-0.4, -0.2) is 26.2 Å². The minimum Gasteiger partial charge on any atom is -0.493 e. The minimum atomic E-state index is -0.0793. The first-order valence-electron chi connectivity index (χ1n) is 8.36. The summed E-state index contributed by atoms with van der Waals surface area (Å²) in [5.74, 6) is 1.59. The number of benzene rings is 1. The fourth-order valence-electron chi connectivity index (χ4n) is 2.88. The Labute approximate surface area is 143 Å². The van der Waals surface area contributed by atoms with Crippen molar-refractivity contribution in [3.63, 3.8) is 0 Å². The van der Waals surface area contributed by atoms with Gasteiger partial charge < -0.3 is 14.8 Å². The Bertz CT molecular complexity index is 614. The molecular weight excluding hydrogens is 304 g/mol. The summed E-state index contributed by atoms with van der Waals surface area (Å²) in [6.45, 7) is 0.725. The van der Waals surface area contributed by atoms with Crippen LogP contribution in [0.4, 0.5) is 0 Å². The molecule has 0 aromatic heterocycles. The van der Waals surface area contributed by atoms with Crippen molar-refractivity contribution in [2.24, 2.45) is 5.92 Å². The van der Waals surface area contributed by atoms with Gasteiger partial charge in [0.1, 0.15) is 6.07 Å². The average molecular weight is 328 g/mol. The maximum absolute atomic E-state index is 11.9. The number of hydrogen-bond donors (Lipinski definition) is 1. The topological polar surface area (TPSA) is 71.3 Å². The van der Waals surface area contributed by atoms with Gasteiger partial charge in [-0.25, -0.2) is 0 Å². The highest BCUT2D eigenvalue weighted by atomic mass is 16.5. The van der Waals surface area contributed by atoms with Crippen molar-refractivity contribution in [1.29, 1.82) is 5.26 Å². The van der Waals surface area contributed by atoms with Crippen molar-refractivity contribution in [2.45, 2.75) is 32.1 Å². The summed E-state index contributed by atoms with van der Waals surface area (Å²) < 4.78 is 10.5. The summed E-state index contributed by atoms with van der Waals surface area (Å²) >= 11 is 0. The maximum Gasteiger partial charge on any atom is 0.244 e. The Kier molecular flexibility index (Phi) is 7.16. The number of methoxy groups -OCH3 is 1. The smallest absolute Gasteiger partial charge is 0.244 e. The minimum absolute atomic E-state index is 0.0326. The number of carbonyl (C=O) groups excluding carboxylic acids is 1. The molecule has 1 saturated carbocycles. The van der Waals surface area contributed by atoms with E-state index in [1.54, 1.807) is 25.3 Å². The first-order valence-corrected chi connectivity index (χ1v) is 8.36. The van der Waals surface area contributed by atoms with Crippen molar-refractivity contribution in [1.82, 2.24) is 5.32 Å². The molecule has 0 bridgehead atoms. The van der Waals surface area contributed by atoms with E-state index in [1.807, 2.05) is 12.1 Å². The molecule has 0 heterocycles. The highest BCUT2D eigenvalue weighted by Crippen LogP contribution is 2.28. The molecule has 0 unspecified atom stereocenters. The zero-order valence-electron chi connectivity index (χ0n) is 14.1. The Balaban J connectivity index is 1.88. The largest absolute Gasteiger partial charge is 0.493 e. The lowest BCUT2D eigenvalue weighted by molar-refractivity contribution is -0.116. The van der Waals surface area contributed by atoms with E-state index < -0.39 is 0 Å². The van der Waals surface area contributed by atoms with Crippen LogP contribution in [0.2, 0.25) is 0 Å². The van der Waals surface area contributed by atoms with E-state index in [4.69, 9.17) is 14.7 Å². The number of rotatable bonds is 7. The van der Waals surface area contributed by atoms with Gasteiger partial charge in [0.05, 0.1) is 7.11 Å². The number of nitrogens with one attached hydrogen (secondary N) is 1. The van der Waals surface area contributed by atoms with E-state index in [0.717, 1.165) is 12.1 Å². The fourth-order valence-corrected chi connectivity index (χ4v) is 2.88. The third-order valence-corrected chi connectivity index (χ3v) is 4.20. The molecule has 1 aliphatic rings. The van der Waals surface area contributed by atoms with Crippen LogP contribution in [0, 0.1) is 17.2 Å². The first kappa shape index (κ1) is 17.9. The third kappa shape index (κ3) is 5.62. The van der Waals surface area contributed by atoms with E-state index in [-0.39, 0.29) is 12.5 Å². The van der Waals surface area contributed by atoms with Crippen LogP contribution in [0.25, 0.3) is 6.08 Å². The van der Waals surface area contributed by atoms with Gasteiger partial charge in [0.2, 0.25) is 5.91 Å². The quantitative estimate of drug-likeness (QED) is 0.780. The van der Waals surface area contributed by atoms with Gasteiger partial charge in [0, 0.05) is 12.6 Å². The van der Waals surface area contributed by atoms with Gasteiger partial charge in [-0.1, -0.05) is 25.3 Å². The number of carbonyl (C=O) groups is 1. The van der Waals surface area contributed by atoms with Crippen LogP contribution >= 0.6 is 0 Å². The van der Waals surface area contributed by atoms with Crippen LogP contribution in [0.1, 0.15) is 37.7 Å². The third-order valence-electron chi connectivity index (χ3n) is 4.20. The SMILES string of the molecule is COc1cc(/C=C\C(=O)NCC2CCCCC2)ccc1OCC#N. The summed E-state index contributed by atoms with van der Waals surface area (Å²) in [6, 6.07) is 7.25. The number of amides is 1. The van der Waals surface area contributed by atoms with Gasteiger partial charge in [-0.05, 0) is 42.5 Å². The molecule has 5 heteroatoms. The first-order chi connectivity index (χ1) is 11.7. The summed E-state index contributed by atoms with van der Waals surface area (Å²) in [7, 11) is 1.54. The Morgan fingerprint density at radius 3 is 2.83 bits per heavy atom. The Morgan fingerprint density at radius 1 is 1.33 bits per heavy atom. The maximum atomic E-state index is 11.9. The molecule has 0 spiro atoms. The van der Waals surface area contributed by atoms with Crippen molar-refractivity contribution in [2.75, 3.05) is 20.3 Å². The van der Waals surface area contributed by atoms with Crippen LogP contribution in [0.3, 0.4) is 0 Å². The predicted octanol–water partition coefficient (Wildman–Crippen LogP) is 3.31. The van der Waals surface area contributed by atoms with Crippen LogP contribution in [0.5, 0.6) is 11.5 Å². The molecule has 0 radical (unpaired) electrons. The molecule has 128 valence electrons. The van der Waals surface area contributed by atoms with Crippen LogP contribution < -0.4 is 14.8 Å². The fraction of sp³-hybridized carbons (Fsp3) is 0.474. The molecule has 0 aliphatic heterocycles. The highest BCUT2D eigenvalue weighted by Gasteiger charge is 2.13. The monoisotopic (exact) mass is 328 g/mol. The van der Waals surface area contributed by atoms with E-state index in [9.17, 15) is 4.79 Å². The van der Waals surface area contributed by atoms with Gasteiger partial charge in [-0.2, -0.15) is 5.26 Å². The molecule has 1 amide bonds. The molecule has 5 nitrogen and oxygen atoms in total. The molecule has 0 atom stereocenters. The lowest BCUT2D eigenvalue weighted by Crippen LogP contribution is -2.28. The van der Waals surface area contributed by atoms with E-state index in [2.05, 4.69) is 5.32 Å². The zero-order valence-corrected chi connectivity index (χ0v) is 14.1. The van der Waals surface area contributed by atoms with Gasteiger partial charge in [0.25, 0.3) is 0 Å². The molecule has 1 aromatic rings. The number of nitrogens with zero attached hydrogens (tertiary/aromatic N) is 1.